The van der Waals surface area contributed by atoms with Crippen LogP contribution in [0.15, 0.2) is 48.5 Å². The van der Waals surface area contributed by atoms with E-state index in [0.717, 1.165) is 12.1 Å². The number of anilines is 1. The summed E-state index contributed by atoms with van der Waals surface area (Å²) in [4.78, 5) is 12.2. The van der Waals surface area contributed by atoms with Crippen LogP contribution in [0.1, 0.15) is 18.1 Å². The lowest BCUT2D eigenvalue weighted by atomic mass is 10.1. The van der Waals surface area contributed by atoms with E-state index in [-0.39, 0.29) is 5.69 Å². The largest absolute Gasteiger partial charge is 0.490 e. The first-order valence-electron chi connectivity index (χ1n) is 8.11. The zero-order valence-corrected chi connectivity index (χ0v) is 16.5. The molecular weight excluding hydrogens is 451 g/mol. The highest BCUT2D eigenvalue weighted by molar-refractivity contribution is 7.81. The molecule has 0 fully saturated rings. The first kappa shape index (κ1) is 25.8. The van der Waals surface area contributed by atoms with Gasteiger partial charge in [0.25, 0.3) is 5.91 Å². The van der Waals surface area contributed by atoms with Gasteiger partial charge in [0.1, 0.15) is 12.4 Å². The molecule has 168 valence electrons. The van der Waals surface area contributed by atoms with E-state index in [0.29, 0.717) is 11.8 Å². The minimum atomic E-state index is -5.67. The van der Waals surface area contributed by atoms with Crippen LogP contribution < -0.4 is 10.1 Å². The third-order valence-electron chi connectivity index (χ3n) is 3.46. The Kier molecular flexibility index (Phi) is 8.47. The molecule has 0 heterocycles. The molecule has 0 spiro atoms. The number of hydrogen-bond acceptors (Lipinski definition) is 6. The second-order valence-electron chi connectivity index (χ2n) is 6.08. The Morgan fingerprint density at radius 2 is 1.71 bits per heavy atom. The molecule has 13 heteroatoms. The summed E-state index contributed by atoms with van der Waals surface area (Å²) in [5, 5.41) is 21.2. The van der Waals surface area contributed by atoms with Crippen LogP contribution in [0.5, 0.6) is 5.75 Å². The van der Waals surface area contributed by atoms with Crippen LogP contribution in [0.25, 0.3) is 0 Å². The number of benzene rings is 2. The second-order valence-corrected chi connectivity index (χ2v) is 6.83. The number of hydrogen-bond donors (Lipinski definition) is 2. The predicted molar refractivity (Wildman–Crippen MR) is 98.5 cm³/mol. The number of carbonyl (C=O) groups excluding carboxylic acids is 1. The molecule has 0 aromatic heterocycles. The first-order valence-corrected chi connectivity index (χ1v) is 9.39. The van der Waals surface area contributed by atoms with Gasteiger partial charge in [0.15, 0.2) is 5.60 Å². The zero-order valence-electron chi connectivity index (χ0n) is 15.7. The number of nitriles is 1. The van der Waals surface area contributed by atoms with E-state index >= 15 is 0 Å². The van der Waals surface area contributed by atoms with Gasteiger partial charge in [-0.25, -0.2) is 0 Å². The van der Waals surface area contributed by atoms with Crippen LogP contribution in [0.2, 0.25) is 0 Å². The number of nitrogens with one attached hydrogen (secondary N) is 1. The quantitative estimate of drug-likeness (QED) is 0.515. The highest BCUT2D eigenvalue weighted by Crippen LogP contribution is 2.33. The van der Waals surface area contributed by atoms with Crippen LogP contribution in [-0.4, -0.2) is 31.6 Å². The van der Waals surface area contributed by atoms with Gasteiger partial charge in [-0.1, -0.05) is 26.0 Å². The molecule has 0 aliphatic heterocycles. The van der Waals surface area contributed by atoms with E-state index in [2.05, 4.69) is 5.32 Å². The molecule has 1 atom stereocenters. The molecule has 2 aromatic rings. The van der Waals surface area contributed by atoms with Gasteiger partial charge in [-0.3, -0.25) is 4.79 Å². The third-order valence-corrected chi connectivity index (χ3v) is 3.46. The minimum absolute atomic E-state index is 0.193. The maximum absolute atomic E-state index is 13.0. The number of nitrogens with zero attached hydrogens (tertiary/aromatic N) is 1. The number of alkyl halides is 3. The number of carbonyl (C=O) groups is 1. The van der Waals surface area contributed by atoms with Gasteiger partial charge in [0, 0.05) is 5.69 Å². The lowest BCUT2D eigenvalue weighted by Crippen LogP contribution is -2.45. The van der Waals surface area contributed by atoms with Gasteiger partial charge in [0.05, 0.1) is 17.2 Å². The van der Waals surface area contributed by atoms with Crippen molar-refractivity contribution in [2.45, 2.75) is 18.7 Å². The summed E-state index contributed by atoms with van der Waals surface area (Å²) in [7, 11) is -5.67. The monoisotopic (exact) mass is 466 g/mol. The average Bonchev–Trinajstić information content (AvgIpc) is 2.65. The van der Waals surface area contributed by atoms with Gasteiger partial charge in [-0.15, -0.1) is 0 Å². The van der Waals surface area contributed by atoms with E-state index in [9.17, 15) is 30.8 Å². The predicted octanol–water partition coefficient (Wildman–Crippen LogP) is 3.52. The van der Waals surface area contributed by atoms with Crippen molar-refractivity contribution in [2.24, 2.45) is 0 Å². The van der Waals surface area contributed by atoms with Crippen molar-refractivity contribution < 1.29 is 44.0 Å². The smallest absolute Gasteiger partial charge is 0.476 e. The number of ether oxygens (including phenoxy) is 1. The van der Waals surface area contributed by atoms with Crippen molar-refractivity contribution in [3.8, 4) is 11.8 Å². The summed E-state index contributed by atoms with van der Waals surface area (Å²) in [5.74, 6) is -0.510. The van der Waals surface area contributed by atoms with Gasteiger partial charge in [-0.05, 0) is 37.3 Å². The number of amides is 1. The van der Waals surface area contributed by atoms with E-state index in [1.54, 1.807) is 30.3 Å². The lowest BCUT2D eigenvalue weighted by Gasteiger charge is -2.23. The molecule has 0 bridgehead atoms. The minimum Gasteiger partial charge on any atom is -0.490 e. The highest BCUT2D eigenvalue weighted by atomic mass is 32.3. The molecule has 31 heavy (non-hydrogen) atoms. The fourth-order valence-corrected chi connectivity index (χ4v) is 2.03. The molecule has 2 rings (SSSR count). The van der Waals surface area contributed by atoms with Gasteiger partial charge >= 0.3 is 16.8 Å². The van der Waals surface area contributed by atoms with Gasteiger partial charge in [0.2, 0.25) is 0 Å². The van der Waals surface area contributed by atoms with Crippen LogP contribution in [-0.2, 0) is 21.6 Å². The van der Waals surface area contributed by atoms with Gasteiger partial charge < -0.3 is 15.2 Å². The van der Waals surface area contributed by atoms with E-state index < -0.39 is 46.0 Å². The molecule has 0 aliphatic carbocycles. The van der Waals surface area contributed by atoms with Crippen LogP contribution >= 0.6 is 0 Å². The Morgan fingerprint density at radius 3 is 2.19 bits per heavy atom. The first-order chi connectivity index (χ1) is 14.1. The summed E-state index contributed by atoms with van der Waals surface area (Å²) in [5.41, 5.74) is -3.91. The molecular formula is C18H15F5N2O5S. The molecule has 0 saturated carbocycles. The SMILES string of the molecule is C[C@](O)(COc1ccccc1)C(=O)Nc1ccc(C#N)c(C(F)(F)F)c1.O=S(=O)(F)F. The van der Waals surface area contributed by atoms with Crippen LogP contribution in [0.3, 0.4) is 0 Å². The average molecular weight is 466 g/mol. The molecule has 0 radical (unpaired) electrons. The Morgan fingerprint density at radius 1 is 1.16 bits per heavy atom. The topological polar surface area (TPSA) is 116 Å². The number of para-hydroxylation sites is 1. The Hall–Kier alpha value is -3.24. The maximum atomic E-state index is 13.0. The van der Waals surface area contributed by atoms with Crippen molar-refractivity contribution >= 4 is 22.2 Å². The van der Waals surface area contributed by atoms with Crippen LogP contribution in [0.4, 0.5) is 26.6 Å². The summed E-state index contributed by atoms with van der Waals surface area (Å²) >= 11 is 0. The number of rotatable bonds is 5. The summed E-state index contributed by atoms with van der Waals surface area (Å²) in [6.07, 6.45) is -4.75. The van der Waals surface area contributed by atoms with Crippen molar-refractivity contribution in [1.29, 1.82) is 5.26 Å². The molecule has 0 aliphatic rings. The van der Waals surface area contributed by atoms with Crippen molar-refractivity contribution in [3.63, 3.8) is 0 Å². The van der Waals surface area contributed by atoms with E-state index in [1.165, 1.54) is 13.0 Å². The molecule has 0 unspecified atom stereocenters. The molecule has 2 aromatic carbocycles. The highest BCUT2D eigenvalue weighted by Gasteiger charge is 2.35. The zero-order chi connectivity index (χ0) is 23.9. The van der Waals surface area contributed by atoms with Crippen molar-refractivity contribution in [1.82, 2.24) is 0 Å². The lowest BCUT2D eigenvalue weighted by molar-refractivity contribution is -0.138. The van der Waals surface area contributed by atoms with E-state index in [1.807, 2.05) is 0 Å². The van der Waals surface area contributed by atoms with Crippen LogP contribution in [0, 0.1) is 11.3 Å². The summed E-state index contributed by atoms with van der Waals surface area (Å²) in [6, 6.07) is 12.6. The van der Waals surface area contributed by atoms with Gasteiger partial charge in [-0.2, -0.15) is 26.9 Å². The third kappa shape index (κ3) is 9.41. The molecule has 0 saturated heterocycles. The Balaban J connectivity index is 0.000000861. The standard InChI is InChI=1S/C18H15F3N2O3.F2O2S/c1-17(25,11-26-14-5-3-2-4-6-14)16(24)23-13-8-7-12(10-22)15(9-13)18(19,20)21;1-5(2,3)4/h2-9,25H,11H2,1H3,(H,23,24);/t17-;/m0./s1. The molecule has 1 amide bonds. The van der Waals surface area contributed by atoms with E-state index in [4.69, 9.17) is 18.4 Å². The number of aliphatic hydroxyl groups is 1. The fraction of sp³-hybridized carbons (Fsp3) is 0.222. The summed E-state index contributed by atoms with van der Waals surface area (Å²) < 4.78 is 80.8. The van der Waals surface area contributed by atoms with Crippen molar-refractivity contribution in [2.75, 3.05) is 11.9 Å². The molecule has 2 N–H and O–H groups in total. The maximum Gasteiger partial charge on any atom is 0.476 e. The number of halogens is 5. The fourth-order valence-electron chi connectivity index (χ4n) is 2.03. The normalized spacial score (nSPS) is 13.1. The Bertz CT molecular complexity index is 1040. The van der Waals surface area contributed by atoms with Crippen molar-refractivity contribution in [3.05, 3.63) is 59.7 Å². The summed E-state index contributed by atoms with van der Waals surface area (Å²) in [6.45, 7) is 0.783. The molecule has 7 nitrogen and oxygen atoms in total. The second kappa shape index (κ2) is 10.2. The Labute approximate surface area is 174 Å².